The number of aromatic nitrogens is 2. The summed E-state index contributed by atoms with van der Waals surface area (Å²) in [5.74, 6) is 0.552. The van der Waals surface area contributed by atoms with Crippen LogP contribution >= 0.6 is 0 Å². The molecule has 6 heteroatoms. The number of carbonyl (C=O) groups is 1. The summed E-state index contributed by atoms with van der Waals surface area (Å²) >= 11 is 0. The molecule has 36 heavy (non-hydrogen) atoms. The zero-order chi connectivity index (χ0) is 24.9. The first-order valence-corrected chi connectivity index (χ1v) is 11.9. The molecular weight excluding hydrogens is 448 g/mol. The van der Waals surface area contributed by atoms with Gasteiger partial charge in [0.25, 0.3) is 0 Å². The fraction of sp³-hybridized carbons (Fsp3) is 0.100. The summed E-state index contributed by atoms with van der Waals surface area (Å²) < 4.78 is 1.96. The van der Waals surface area contributed by atoms with Crippen LogP contribution in [0.4, 0.5) is 17.2 Å². The summed E-state index contributed by atoms with van der Waals surface area (Å²) in [7, 11) is 0. The van der Waals surface area contributed by atoms with Crippen LogP contribution in [0, 0.1) is 6.92 Å². The van der Waals surface area contributed by atoms with E-state index in [2.05, 4.69) is 10.6 Å². The Labute approximate surface area is 209 Å². The zero-order valence-corrected chi connectivity index (χ0v) is 19.9. The Bertz CT molecular complexity index is 1560. The van der Waals surface area contributed by atoms with Crippen LogP contribution in [0.3, 0.4) is 0 Å². The molecule has 0 saturated heterocycles. The number of benzene rings is 3. The first-order chi connectivity index (χ1) is 17.6. The second-order valence-corrected chi connectivity index (χ2v) is 8.57. The van der Waals surface area contributed by atoms with E-state index >= 15 is 0 Å². The molecule has 0 aliphatic carbocycles. The summed E-state index contributed by atoms with van der Waals surface area (Å²) in [5, 5.41) is 6.79. The highest BCUT2D eigenvalue weighted by molar-refractivity contribution is 5.91. The van der Waals surface area contributed by atoms with Crippen molar-refractivity contribution in [3.63, 3.8) is 0 Å². The molecule has 0 aliphatic rings. The largest absolute Gasteiger partial charge is 0.341 e. The minimum atomic E-state index is -0.127. The maximum absolute atomic E-state index is 13.2. The average Bonchev–Trinajstić information content (AvgIpc) is 2.89. The van der Waals surface area contributed by atoms with Crippen LogP contribution in [0.2, 0.25) is 0 Å². The van der Waals surface area contributed by atoms with E-state index in [1.54, 1.807) is 6.07 Å². The molecule has 0 spiro atoms. The maximum atomic E-state index is 13.2. The Morgan fingerprint density at radius 1 is 0.833 bits per heavy atom. The number of fused-ring (bicyclic) bond motifs is 1. The van der Waals surface area contributed by atoms with Crippen LogP contribution in [0.15, 0.2) is 108 Å². The third-order valence-corrected chi connectivity index (χ3v) is 6.02. The van der Waals surface area contributed by atoms with Gasteiger partial charge in [0.15, 0.2) is 5.43 Å². The van der Waals surface area contributed by atoms with Crippen LogP contribution in [0.25, 0.3) is 16.7 Å². The van der Waals surface area contributed by atoms with Gasteiger partial charge in [0.1, 0.15) is 11.5 Å². The lowest BCUT2D eigenvalue weighted by Crippen LogP contribution is -2.16. The maximum Gasteiger partial charge on any atom is 0.224 e. The van der Waals surface area contributed by atoms with Gasteiger partial charge in [0.05, 0.1) is 5.39 Å². The van der Waals surface area contributed by atoms with E-state index in [1.807, 2.05) is 109 Å². The van der Waals surface area contributed by atoms with E-state index in [-0.39, 0.29) is 11.3 Å². The number of aryl methyl sites for hydroxylation is 2. The molecule has 1 amide bonds. The monoisotopic (exact) mass is 474 g/mol. The zero-order valence-electron chi connectivity index (χ0n) is 19.9. The number of nitrogens with zero attached hydrogens (tertiary/aromatic N) is 2. The number of pyridine rings is 2. The summed E-state index contributed by atoms with van der Waals surface area (Å²) in [4.78, 5) is 30.6. The van der Waals surface area contributed by atoms with Crippen molar-refractivity contribution in [3.8, 4) is 5.69 Å². The fourth-order valence-corrected chi connectivity index (χ4v) is 4.21. The normalized spacial score (nSPS) is 10.8. The highest BCUT2D eigenvalue weighted by Gasteiger charge is 2.16. The molecule has 178 valence electrons. The van der Waals surface area contributed by atoms with Gasteiger partial charge in [-0.15, -0.1) is 0 Å². The van der Waals surface area contributed by atoms with Gasteiger partial charge in [-0.3, -0.25) is 14.2 Å². The van der Waals surface area contributed by atoms with Crippen LogP contribution in [-0.2, 0) is 11.2 Å². The number of amides is 1. The summed E-state index contributed by atoms with van der Waals surface area (Å²) in [6, 6.07) is 32.4. The van der Waals surface area contributed by atoms with E-state index in [1.165, 1.54) is 0 Å². The van der Waals surface area contributed by atoms with Crippen molar-refractivity contribution >= 4 is 34.1 Å². The standard InChI is InChI=1S/C30H26N4O2/c1-21-22(17-18-29(36)33-24-13-7-3-8-14-24)19-26-27(35)20-28(32-23-11-5-2-6-12-23)34(30(26)31-21)25-15-9-4-10-16-25/h2-16,19-20,32H,17-18H2,1H3,(H,33,36). The lowest BCUT2D eigenvalue weighted by molar-refractivity contribution is -0.116. The lowest BCUT2D eigenvalue weighted by Gasteiger charge is -2.19. The molecule has 5 aromatic rings. The Morgan fingerprint density at radius 3 is 2.11 bits per heavy atom. The van der Waals surface area contributed by atoms with E-state index in [0.29, 0.717) is 29.7 Å². The van der Waals surface area contributed by atoms with E-state index in [0.717, 1.165) is 28.3 Å². The molecule has 0 bridgehead atoms. The van der Waals surface area contributed by atoms with Crippen LogP contribution in [0.1, 0.15) is 17.7 Å². The number of hydrogen-bond acceptors (Lipinski definition) is 4. The smallest absolute Gasteiger partial charge is 0.224 e. The molecular formula is C30H26N4O2. The Hall–Kier alpha value is -4.71. The van der Waals surface area contributed by atoms with Crippen LogP contribution in [-0.4, -0.2) is 15.5 Å². The average molecular weight is 475 g/mol. The van der Waals surface area contributed by atoms with Gasteiger partial charge in [0.2, 0.25) is 5.91 Å². The predicted molar refractivity (Wildman–Crippen MR) is 145 cm³/mol. The first-order valence-electron chi connectivity index (χ1n) is 11.9. The van der Waals surface area contributed by atoms with E-state index in [9.17, 15) is 9.59 Å². The van der Waals surface area contributed by atoms with Crippen molar-refractivity contribution in [1.82, 2.24) is 9.55 Å². The van der Waals surface area contributed by atoms with Crippen molar-refractivity contribution in [2.75, 3.05) is 10.6 Å². The molecule has 0 radical (unpaired) electrons. The number of para-hydroxylation sites is 3. The summed E-state index contributed by atoms with van der Waals surface area (Å²) in [6.07, 6.45) is 0.783. The molecule has 2 heterocycles. The van der Waals surface area contributed by atoms with Crippen LogP contribution in [0.5, 0.6) is 0 Å². The molecule has 0 saturated carbocycles. The summed E-state index contributed by atoms with van der Waals surface area (Å²) in [5.41, 5.74) is 4.64. The van der Waals surface area contributed by atoms with Crippen LogP contribution < -0.4 is 16.1 Å². The molecule has 0 atom stereocenters. The first kappa shape index (κ1) is 23.1. The molecule has 6 nitrogen and oxygen atoms in total. The molecule has 2 aromatic heterocycles. The van der Waals surface area contributed by atoms with Gasteiger partial charge in [-0.05, 0) is 61.4 Å². The van der Waals surface area contributed by atoms with Gasteiger partial charge in [-0.2, -0.15) is 0 Å². The second kappa shape index (κ2) is 10.3. The van der Waals surface area contributed by atoms with Crippen molar-refractivity contribution in [2.24, 2.45) is 0 Å². The van der Waals surface area contributed by atoms with Crippen molar-refractivity contribution < 1.29 is 4.79 Å². The van der Waals surface area contributed by atoms with E-state index in [4.69, 9.17) is 4.98 Å². The topological polar surface area (TPSA) is 76.0 Å². The second-order valence-electron chi connectivity index (χ2n) is 8.57. The van der Waals surface area contributed by atoms with Gasteiger partial charge < -0.3 is 10.6 Å². The molecule has 0 fully saturated rings. The third-order valence-electron chi connectivity index (χ3n) is 6.02. The van der Waals surface area contributed by atoms with Gasteiger partial charge in [-0.25, -0.2) is 4.98 Å². The van der Waals surface area contributed by atoms with Crippen molar-refractivity contribution in [1.29, 1.82) is 0 Å². The number of anilines is 3. The third kappa shape index (κ3) is 5.03. The molecule has 2 N–H and O–H groups in total. The number of nitrogens with one attached hydrogen (secondary N) is 2. The van der Waals surface area contributed by atoms with Crippen molar-refractivity contribution in [2.45, 2.75) is 19.8 Å². The minimum absolute atomic E-state index is 0.0789. The van der Waals surface area contributed by atoms with Gasteiger partial charge in [0, 0.05) is 35.2 Å². The highest BCUT2D eigenvalue weighted by atomic mass is 16.1. The molecule has 3 aromatic carbocycles. The summed E-state index contributed by atoms with van der Waals surface area (Å²) in [6.45, 7) is 1.92. The Balaban J connectivity index is 1.52. The van der Waals surface area contributed by atoms with Crippen molar-refractivity contribution in [3.05, 3.63) is 125 Å². The number of hydrogen-bond donors (Lipinski definition) is 2. The van der Waals surface area contributed by atoms with Gasteiger partial charge in [-0.1, -0.05) is 54.6 Å². The Morgan fingerprint density at radius 2 is 1.44 bits per heavy atom. The molecule has 0 unspecified atom stereocenters. The SMILES string of the molecule is Cc1nc2c(cc1CCC(=O)Nc1ccccc1)c(=O)cc(Nc1ccccc1)n2-c1ccccc1. The quantitative estimate of drug-likeness (QED) is 0.303. The van der Waals surface area contributed by atoms with E-state index < -0.39 is 0 Å². The molecule has 5 rings (SSSR count). The highest BCUT2D eigenvalue weighted by Crippen LogP contribution is 2.26. The number of rotatable bonds is 7. The fourth-order valence-electron chi connectivity index (χ4n) is 4.21. The number of carbonyl (C=O) groups excluding carboxylic acids is 1. The minimum Gasteiger partial charge on any atom is -0.341 e. The lowest BCUT2D eigenvalue weighted by atomic mass is 10.1. The van der Waals surface area contributed by atoms with Gasteiger partial charge >= 0.3 is 0 Å². The predicted octanol–water partition coefficient (Wildman–Crippen LogP) is 6.01. The molecule has 0 aliphatic heterocycles. The Kier molecular flexibility index (Phi) is 6.58.